The normalized spacial score (nSPS) is 10.5. The third-order valence-corrected chi connectivity index (χ3v) is 2.82. The molecular formula is C10H7BrClNO. The minimum Gasteiger partial charge on any atom is -0.481 e. The van der Waals surface area contributed by atoms with E-state index in [0.717, 1.165) is 15.2 Å². The standard InChI is InChI=1S/C10H7BrClNO/c1-14-10-7-3-2-6(12)4-8(7)9(11)5-13-10/h2-5H,1H3. The van der Waals surface area contributed by atoms with Crippen molar-refractivity contribution in [1.82, 2.24) is 4.98 Å². The number of pyridine rings is 1. The molecule has 0 aliphatic heterocycles. The van der Waals surface area contributed by atoms with Crippen molar-refractivity contribution < 1.29 is 4.74 Å². The summed E-state index contributed by atoms with van der Waals surface area (Å²) in [6.07, 6.45) is 1.71. The number of methoxy groups -OCH3 is 1. The minimum atomic E-state index is 0.611. The molecule has 2 rings (SSSR count). The zero-order chi connectivity index (χ0) is 10.1. The summed E-state index contributed by atoms with van der Waals surface area (Å²) in [7, 11) is 1.60. The first kappa shape index (κ1) is 9.74. The number of rotatable bonds is 1. The van der Waals surface area contributed by atoms with Crippen LogP contribution in [0, 0.1) is 0 Å². The van der Waals surface area contributed by atoms with Crippen molar-refractivity contribution >= 4 is 38.3 Å². The molecule has 0 N–H and O–H groups in total. The van der Waals surface area contributed by atoms with Crippen LogP contribution in [-0.2, 0) is 0 Å². The Balaban J connectivity index is 2.84. The summed E-state index contributed by atoms with van der Waals surface area (Å²) in [6.45, 7) is 0. The Bertz CT molecular complexity index is 487. The third kappa shape index (κ3) is 1.57. The summed E-state index contributed by atoms with van der Waals surface area (Å²) < 4.78 is 6.06. The fourth-order valence-electron chi connectivity index (χ4n) is 1.32. The molecule has 0 aliphatic rings. The second-order valence-corrected chi connectivity index (χ2v) is 4.10. The lowest BCUT2D eigenvalue weighted by molar-refractivity contribution is 0.403. The molecule has 0 fully saturated rings. The van der Waals surface area contributed by atoms with E-state index < -0.39 is 0 Å². The Kier molecular flexibility index (Phi) is 2.61. The lowest BCUT2D eigenvalue weighted by Gasteiger charge is -2.05. The van der Waals surface area contributed by atoms with Gasteiger partial charge in [-0.3, -0.25) is 0 Å². The lowest BCUT2D eigenvalue weighted by Crippen LogP contribution is -1.89. The molecule has 0 atom stereocenters. The molecule has 1 aromatic heterocycles. The van der Waals surface area contributed by atoms with Crippen LogP contribution >= 0.6 is 27.5 Å². The van der Waals surface area contributed by atoms with Crippen LogP contribution in [0.25, 0.3) is 10.8 Å². The summed E-state index contributed by atoms with van der Waals surface area (Å²) in [4.78, 5) is 4.14. The largest absolute Gasteiger partial charge is 0.481 e. The highest BCUT2D eigenvalue weighted by Crippen LogP contribution is 2.31. The molecular weight excluding hydrogens is 265 g/mol. The summed E-state index contributed by atoms with van der Waals surface area (Å²) in [6, 6.07) is 5.60. The average molecular weight is 273 g/mol. The van der Waals surface area contributed by atoms with Gasteiger partial charge in [0.2, 0.25) is 5.88 Å². The van der Waals surface area contributed by atoms with Crippen molar-refractivity contribution in [3.63, 3.8) is 0 Å². The maximum Gasteiger partial charge on any atom is 0.221 e. The van der Waals surface area contributed by atoms with Gasteiger partial charge >= 0.3 is 0 Å². The van der Waals surface area contributed by atoms with Gasteiger partial charge < -0.3 is 4.74 Å². The van der Waals surface area contributed by atoms with Gasteiger partial charge in [-0.1, -0.05) is 11.6 Å². The van der Waals surface area contributed by atoms with Gasteiger partial charge in [0.15, 0.2) is 0 Å². The molecule has 2 aromatic rings. The third-order valence-electron chi connectivity index (χ3n) is 1.96. The first-order chi connectivity index (χ1) is 6.72. The lowest BCUT2D eigenvalue weighted by atomic mass is 10.2. The fourth-order valence-corrected chi connectivity index (χ4v) is 1.92. The number of aromatic nitrogens is 1. The van der Waals surface area contributed by atoms with E-state index in [1.807, 2.05) is 18.2 Å². The predicted molar refractivity (Wildman–Crippen MR) is 61.0 cm³/mol. The number of halogens is 2. The molecule has 14 heavy (non-hydrogen) atoms. The van der Waals surface area contributed by atoms with Crippen molar-refractivity contribution in [3.05, 3.63) is 33.9 Å². The maximum atomic E-state index is 5.90. The van der Waals surface area contributed by atoms with E-state index in [1.54, 1.807) is 13.3 Å². The van der Waals surface area contributed by atoms with E-state index >= 15 is 0 Å². The van der Waals surface area contributed by atoms with Crippen LogP contribution in [0.15, 0.2) is 28.9 Å². The van der Waals surface area contributed by atoms with Crippen LogP contribution in [0.5, 0.6) is 5.88 Å². The van der Waals surface area contributed by atoms with E-state index in [-0.39, 0.29) is 0 Å². The Morgan fingerprint density at radius 3 is 2.86 bits per heavy atom. The van der Waals surface area contributed by atoms with Crippen LogP contribution in [0.1, 0.15) is 0 Å². The molecule has 0 aliphatic carbocycles. The van der Waals surface area contributed by atoms with Gasteiger partial charge in [0.1, 0.15) is 0 Å². The number of nitrogens with zero attached hydrogens (tertiary/aromatic N) is 1. The molecule has 0 amide bonds. The summed E-state index contributed by atoms with van der Waals surface area (Å²) in [5.74, 6) is 0.611. The van der Waals surface area contributed by atoms with Crippen molar-refractivity contribution in [2.45, 2.75) is 0 Å². The molecule has 0 bridgehead atoms. The highest BCUT2D eigenvalue weighted by atomic mass is 79.9. The SMILES string of the molecule is COc1ncc(Br)c2cc(Cl)ccc12. The molecule has 1 aromatic carbocycles. The van der Waals surface area contributed by atoms with E-state index in [4.69, 9.17) is 16.3 Å². The van der Waals surface area contributed by atoms with E-state index in [1.165, 1.54) is 0 Å². The van der Waals surface area contributed by atoms with Gasteiger partial charge in [0.05, 0.1) is 7.11 Å². The van der Waals surface area contributed by atoms with Crippen molar-refractivity contribution in [2.75, 3.05) is 7.11 Å². The van der Waals surface area contributed by atoms with Crippen LogP contribution in [0.2, 0.25) is 5.02 Å². The molecule has 72 valence electrons. The summed E-state index contributed by atoms with van der Waals surface area (Å²) in [5, 5.41) is 2.65. The van der Waals surface area contributed by atoms with Crippen molar-refractivity contribution in [1.29, 1.82) is 0 Å². The van der Waals surface area contributed by atoms with E-state index in [2.05, 4.69) is 20.9 Å². The molecule has 0 spiro atoms. The number of hydrogen-bond acceptors (Lipinski definition) is 2. The van der Waals surface area contributed by atoms with Crippen LogP contribution in [0.4, 0.5) is 0 Å². The van der Waals surface area contributed by atoms with Crippen LogP contribution in [0.3, 0.4) is 0 Å². The molecule has 0 radical (unpaired) electrons. The number of fused-ring (bicyclic) bond motifs is 1. The second kappa shape index (κ2) is 3.75. The van der Waals surface area contributed by atoms with Gasteiger partial charge in [-0.15, -0.1) is 0 Å². The van der Waals surface area contributed by atoms with Gasteiger partial charge in [0, 0.05) is 26.5 Å². The molecule has 1 heterocycles. The molecule has 0 saturated heterocycles. The number of ether oxygens (including phenoxy) is 1. The minimum absolute atomic E-state index is 0.611. The number of benzene rings is 1. The quantitative estimate of drug-likeness (QED) is 0.790. The summed E-state index contributed by atoms with van der Waals surface area (Å²) in [5.41, 5.74) is 0. The average Bonchev–Trinajstić information content (AvgIpc) is 2.19. The highest BCUT2D eigenvalue weighted by Gasteiger charge is 2.06. The Hall–Kier alpha value is -0.800. The van der Waals surface area contributed by atoms with Gasteiger partial charge in [0.25, 0.3) is 0 Å². The molecule has 2 nitrogen and oxygen atoms in total. The smallest absolute Gasteiger partial charge is 0.221 e. The Morgan fingerprint density at radius 2 is 2.14 bits per heavy atom. The maximum absolute atomic E-state index is 5.90. The highest BCUT2D eigenvalue weighted by molar-refractivity contribution is 9.10. The first-order valence-electron chi connectivity index (χ1n) is 4.00. The molecule has 0 unspecified atom stereocenters. The fraction of sp³-hybridized carbons (Fsp3) is 0.100. The van der Waals surface area contributed by atoms with Crippen LogP contribution < -0.4 is 4.74 Å². The molecule has 4 heteroatoms. The van der Waals surface area contributed by atoms with Gasteiger partial charge in [-0.2, -0.15) is 0 Å². The number of hydrogen-bond donors (Lipinski definition) is 0. The Labute approximate surface area is 95.0 Å². The topological polar surface area (TPSA) is 22.1 Å². The van der Waals surface area contributed by atoms with E-state index in [9.17, 15) is 0 Å². The van der Waals surface area contributed by atoms with Gasteiger partial charge in [-0.25, -0.2) is 4.98 Å². The van der Waals surface area contributed by atoms with E-state index in [0.29, 0.717) is 10.9 Å². The predicted octanol–water partition coefficient (Wildman–Crippen LogP) is 3.66. The molecule has 0 saturated carbocycles. The monoisotopic (exact) mass is 271 g/mol. The van der Waals surface area contributed by atoms with Crippen molar-refractivity contribution in [3.8, 4) is 5.88 Å². The summed E-state index contributed by atoms with van der Waals surface area (Å²) >= 11 is 9.32. The Morgan fingerprint density at radius 1 is 1.36 bits per heavy atom. The zero-order valence-electron chi connectivity index (χ0n) is 7.42. The second-order valence-electron chi connectivity index (χ2n) is 2.81. The van der Waals surface area contributed by atoms with Crippen LogP contribution in [-0.4, -0.2) is 12.1 Å². The first-order valence-corrected chi connectivity index (χ1v) is 5.17. The van der Waals surface area contributed by atoms with Gasteiger partial charge in [-0.05, 0) is 34.1 Å². The zero-order valence-corrected chi connectivity index (χ0v) is 9.76. The van der Waals surface area contributed by atoms with Crippen molar-refractivity contribution in [2.24, 2.45) is 0 Å².